The Kier molecular flexibility index (Phi) is 5.46. The number of benzene rings is 2. The highest BCUT2D eigenvalue weighted by Crippen LogP contribution is 2.35. The van der Waals surface area contributed by atoms with Crippen LogP contribution < -0.4 is 4.74 Å². The van der Waals surface area contributed by atoms with Crippen molar-refractivity contribution in [1.82, 2.24) is 9.88 Å². The van der Waals surface area contributed by atoms with Crippen molar-refractivity contribution in [3.63, 3.8) is 0 Å². The minimum absolute atomic E-state index is 0.0378. The lowest BCUT2D eigenvalue weighted by Crippen LogP contribution is -2.31. The van der Waals surface area contributed by atoms with Crippen molar-refractivity contribution >= 4 is 28.5 Å². The molecule has 2 heterocycles. The number of pyridine rings is 1. The van der Waals surface area contributed by atoms with Gasteiger partial charge in [-0.25, -0.2) is 9.78 Å². The molecule has 150 valence electrons. The molecule has 1 aromatic heterocycles. The Bertz CT molecular complexity index is 1190. The molecule has 30 heavy (non-hydrogen) atoms. The van der Waals surface area contributed by atoms with Gasteiger partial charge in [0, 0.05) is 29.6 Å². The van der Waals surface area contributed by atoms with E-state index in [-0.39, 0.29) is 6.61 Å². The minimum Gasteiger partial charge on any atom is -0.478 e. The average molecular weight is 399 g/mol. The number of fused-ring (bicyclic) bond motifs is 2. The van der Waals surface area contributed by atoms with Crippen LogP contribution in [-0.4, -0.2) is 40.7 Å². The fraction of sp³-hybridized carbons (Fsp3) is 0.208. The number of ether oxygens (including phenoxy) is 1. The third kappa shape index (κ3) is 3.63. The van der Waals surface area contributed by atoms with Crippen LogP contribution in [0.4, 0.5) is 0 Å². The zero-order valence-corrected chi connectivity index (χ0v) is 16.6. The van der Waals surface area contributed by atoms with Gasteiger partial charge in [-0.2, -0.15) is 5.26 Å². The highest BCUT2D eigenvalue weighted by atomic mass is 16.5. The Morgan fingerprint density at radius 3 is 2.77 bits per heavy atom. The number of carbonyl (C=O) groups is 1. The van der Waals surface area contributed by atoms with Crippen molar-refractivity contribution in [2.45, 2.75) is 13.5 Å². The maximum atomic E-state index is 12.2. The zero-order valence-electron chi connectivity index (χ0n) is 16.6. The Morgan fingerprint density at radius 2 is 2.00 bits per heavy atom. The first kappa shape index (κ1) is 19.6. The van der Waals surface area contributed by atoms with E-state index in [4.69, 9.17) is 15.0 Å². The van der Waals surface area contributed by atoms with Crippen LogP contribution in [0.1, 0.15) is 34.1 Å². The van der Waals surface area contributed by atoms with Gasteiger partial charge in [-0.3, -0.25) is 4.90 Å². The van der Waals surface area contributed by atoms with Crippen molar-refractivity contribution in [3.8, 4) is 11.8 Å². The van der Waals surface area contributed by atoms with Crippen LogP contribution in [0.3, 0.4) is 0 Å². The zero-order chi connectivity index (χ0) is 21.1. The number of rotatable bonds is 5. The van der Waals surface area contributed by atoms with E-state index in [1.165, 1.54) is 0 Å². The Balaban J connectivity index is 1.94. The van der Waals surface area contributed by atoms with Crippen LogP contribution >= 0.6 is 0 Å². The Morgan fingerprint density at radius 1 is 1.23 bits per heavy atom. The van der Waals surface area contributed by atoms with E-state index < -0.39 is 5.97 Å². The van der Waals surface area contributed by atoms with Gasteiger partial charge in [-0.15, -0.1) is 0 Å². The lowest BCUT2D eigenvalue weighted by atomic mass is 9.92. The number of aromatic carboxylic acids is 1. The van der Waals surface area contributed by atoms with Gasteiger partial charge in [0.1, 0.15) is 11.8 Å². The monoisotopic (exact) mass is 399 g/mol. The second kappa shape index (κ2) is 8.36. The molecule has 0 radical (unpaired) electrons. The summed E-state index contributed by atoms with van der Waals surface area (Å²) < 4.78 is 5.57. The number of aromatic nitrogens is 1. The van der Waals surface area contributed by atoms with Crippen LogP contribution in [0.2, 0.25) is 0 Å². The molecule has 1 aliphatic rings. The highest BCUT2D eigenvalue weighted by Gasteiger charge is 2.28. The maximum Gasteiger partial charge on any atom is 0.336 e. The molecule has 0 bridgehead atoms. The molecule has 1 aliphatic heterocycles. The molecule has 0 aliphatic carbocycles. The number of hydrogen-bond acceptors (Lipinski definition) is 5. The first-order valence-corrected chi connectivity index (χ1v) is 9.79. The van der Waals surface area contributed by atoms with Crippen LogP contribution in [0, 0.1) is 11.3 Å². The second-order valence-electron chi connectivity index (χ2n) is 7.09. The van der Waals surface area contributed by atoms with Crippen molar-refractivity contribution in [1.29, 1.82) is 5.26 Å². The molecule has 6 nitrogen and oxygen atoms in total. The molecule has 0 saturated carbocycles. The lowest BCUT2D eigenvalue weighted by Gasteiger charge is -2.30. The normalized spacial score (nSPS) is 15.0. The topological polar surface area (TPSA) is 86.5 Å². The van der Waals surface area contributed by atoms with Crippen LogP contribution in [-0.2, 0) is 6.54 Å². The second-order valence-corrected chi connectivity index (χ2v) is 7.09. The summed E-state index contributed by atoms with van der Waals surface area (Å²) in [4.78, 5) is 19.2. The van der Waals surface area contributed by atoms with Crippen LogP contribution in [0.15, 0.2) is 48.5 Å². The van der Waals surface area contributed by atoms with Gasteiger partial charge in [-0.05, 0) is 30.3 Å². The molecule has 4 rings (SSSR count). The Hall–Kier alpha value is -3.69. The summed E-state index contributed by atoms with van der Waals surface area (Å²) in [5, 5.41) is 19.5. The van der Waals surface area contributed by atoms with Crippen LogP contribution in [0.25, 0.3) is 22.6 Å². The van der Waals surface area contributed by atoms with Gasteiger partial charge in [0.2, 0.25) is 0 Å². The fourth-order valence-electron chi connectivity index (χ4n) is 3.88. The first-order valence-electron chi connectivity index (χ1n) is 9.79. The molecule has 6 heteroatoms. The predicted molar refractivity (Wildman–Crippen MR) is 115 cm³/mol. The summed E-state index contributed by atoms with van der Waals surface area (Å²) in [7, 11) is 0. The van der Waals surface area contributed by atoms with E-state index in [1.54, 1.807) is 0 Å². The summed E-state index contributed by atoms with van der Waals surface area (Å²) >= 11 is 0. The predicted octanol–water partition coefficient (Wildman–Crippen LogP) is 4.21. The highest BCUT2D eigenvalue weighted by molar-refractivity contribution is 6.06. The number of likely N-dealkylation sites (N-methyl/N-ethyl adjacent to an activating group) is 1. The van der Waals surface area contributed by atoms with E-state index in [1.807, 2.05) is 60.7 Å². The number of nitriles is 1. The third-order valence-corrected chi connectivity index (χ3v) is 5.28. The largest absolute Gasteiger partial charge is 0.478 e. The lowest BCUT2D eigenvalue weighted by molar-refractivity contribution is 0.0696. The summed E-state index contributed by atoms with van der Waals surface area (Å²) in [6.07, 6.45) is 1.99. The van der Waals surface area contributed by atoms with Gasteiger partial charge < -0.3 is 9.84 Å². The molecular weight excluding hydrogens is 378 g/mol. The summed E-state index contributed by atoms with van der Waals surface area (Å²) in [6.45, 7) is 4.00. The Labute approximate surface area is 174 Å². The van der Waals surface area contributed by atoms with Crippen molar-refractivity contribution in [3.05, 3.63) is 70.9 Å². The number of carboxylic acid groups (broad SMARTS) is 1. The molecule has 3 aromatic rings. The third-order valence-electron chi connectivity index (χ3n) is 5.28. The van der Waals surface area contributed by atoms with Crippen molar-refractivity contribution < 1.29 is 14.6 Å². The fourth-order valence-corrected chi connectivity index (χ4v) is 3.88. The molecule has 1 N–H and O–H groups in total. The number of carboxylic acids is 1. The molecule has 0 spiro atoms. The number of para-hydroxylation sites is 2. The molecule has 0 saturated heterocycles. The van der Waals surface area contributed by atoms with E-state index >= 15 is 0 Å². The van der Waals surface area contributed by atoms with E-state index in [9.17, 15) is 9.90 Å². The van der Waals surface area contributed by atoms with E-state index in [0.717, 1.165) is 23.2 Å². The summed E-state index contributed by atoms with van der Waals surface area (Å²) in [6, 6.07) is 16.8. The van der Waals surface area contributed by atoms with E-state index in [2.05, 4.69) is 11.8 Å². The quantitative estimate of drug-likeness (QED) is 0.692. The smallest absolute Gasteiger partial charge is 0.336 e. The number of hydrogen-bond donors (Lipinski definition) is 1. The molecule has 2 aromatic carbocycles. The standard InChI is InChI=1S/C24H21N3O3/c1-2-27-14-17(13-16-7-3-6-10-21(16)30-12-11-25)23-19(15-27)22(24(28)29)18-8-4-5-9-20(18)26-23/h3-10,13H,2,12,14-15H2,1H3,(H,28,29)/b17-13+. The summed E-state index contributed by atoms with van der Waals surface area (Å²) in [5.41, 5.74) is 4.19. The molecule has 0 fully saturated rings. The average Bonchev–Trinajstić information content (AvgIpc) is 2.76. The molecular formula is C24H21N3O3. The van der Waals surface area contributed by atoms with Gasteiger partial charge in [0.15, 0.2) is 6.61 Å². The summed E-state index contributed by atoms with van der Waals surface area (Å²) in [5.74, 6) is -0.333. The maximum absolute atomic E-state index is 12.2. The van der Waals surface area contributed by atoms with Gasteiger partial charge in [0.05, 0.1) is 16.8 Å². The van der Waals surface area contributed by atoms with Gasteiger partial charge in [0.25, 0.3) is 0 Å². The first-order chi connectivity index (χ1) is 14.6. The van der Waals surface area contributed by atoms with Crippen LogP contribution in [0.5, 0.6) is 5.75 Å². The molecule has 0 amide bonds. The van der Waals surface area contributed by atoms with Gasteiger partial charge in [-0.1, -0.05) is 43.3 Å². The van der Waals surface area contributed by atoms with E-state index in [0.29, 0.717) is 41.0 Å². The van der Waals surface area contributed by atoms with Crippen molar-refractivity contribution in [2.24, 2.45) is 0 Å². The SMILES string of the molecule is CCN1C/C(=C\c2ccccc2OCC#N)c2nc3ccccc3c(C(=O)O)c2C1. The van der Waals surface area contributed by atoms with Crippen molar-refractivity contribution in [2.75, 3.05) is 19.7 Å². The minimum atomic E-state index is -0.945. The van der Waals surface area contributed by atoms with Gasteiger partial charge >= 0.3 is 5.97 Å². The molecule has 0 atom stereocenters. The molecule has 0 unspecified atom stereocenters. The number of nitrogens with zero attached hydrogens (tertiary/aromatic N) is 3.